The molecule has 108 valence electrons. The Bertz CT molecular complexity index is 484. The highest BCUT2D eigenvalue weighted by atomic mass is 19.1. The maximum atomic E-state index is 12.7. The number of pyridine rings is 1. The van der Waals surface area contributed by atoms with Gasteiger partial charge >= 0.3 is 6.09 Å². The van der Waals surface area contributed by atoms with E-state index in [1.165, 1.54) is 12.3 Å². The molecule has 0 unspecified atom stereocenters. The fourth-order valence-corrected chi connectivity index (χ4v) is 1.99. The maximum absolute atomic E-state index is 12.7. The molecular weight excluding hydrogens is 265 g/mol. The summed E-state index contributed by atoms with van der Waals surface area (Å²) in [5.74, 6) is -0.824. The lowest BCUT2D eigenvalue weighted by molar-refractivity contribution is 0.0570. The van der Waals surface area contributed by atoms with Crippen LogP contribution in [0.25, 0.3) is 0 Å². The van der Waals surface area contributed by atoms with E-state index in [-0.39, 0.29) is 12.0 Å². The third-order valence-electron chi connectivity index (χ3n) is 3.07. The summed E-state index contributed by atoms with van der Waals surface area (Å²) < 4.78 is 17.6. The van der Waals surface area contributed by atoms with E-state index in [9.17, 15) is 14.0 Å². The molecule has 2 rings (SSSR count). The molecule has 0 aliphatic carbocycles. The molecule has 0 aromatic carbocycles. The first-order valence-electron chi connectivity index (χ1n) is 6.44. The van der Waals surface area contributed by atoms with Gasteiger partial charge in [0.2, 0.25) is 5.95 Å². The van der Waals surface area contributed by atoms with E-state index in [1.807, 2.05) is 0 Å². The molecule has 0 spiro atoms. The number of carbonyl (C=O) groups is 2. The number of hydrogen-bond acceptors (Lipinski definition) is 4. The van der Waals surface area contributed by atoms with Gasteiger partial charge in [0.25, 0.3) is 5.91 Å². The van der Waals surface area contributed by atoms with Crippen LogP contribution in [0.2, 0.25) is 0 Å². The normalized spacial score (nSPS) is 15.1. The van der Waals surface area contributed by atoms with E-state index >= 15 is 0 Å². The fraction of sp³-hybridized carbons (Fsp3) is 0.462. The van der Waals surface area contributed by atoms with Crippen LogP contribution in [-0.2, 0) is 4.74 Å². The Balaban J connectivity index is 1.92. The summed E-state index contributed by atoms with van der Waals surface area (Å²) in [6.45, 7) is 3.79. The van der Waals surface area contributed by atoms with Crippen LogP contribution in [0.5, 0.6) is 0 Å². The number of hydrogen-bond donors (Lipinski definition) is 0. The molecule has 20 heavy (non-hydrogen) atoms. The second-order valence-corrected chi connectivity index (χ2v) is 4.35. The van der Waals surface area contributed by atoms with Gasteiger partial charge in [-0.05, 0) is 19.1 Å². The molecule has 1 aliphatic rings. The molecule has 0 atom stereocenters. The molecule has 1 saturated heterocycles. The van der Waals surface area contributed by atoms with Gasteiger partial charge in [-0.15, -0.1) is 0 Å². The van der Waals surface area contributed by atoms with Crippen molar-refractivity contribution in [1.29, 1.82) is 0 Å². The Morgan fingerprint density at radius 3 is 2.45 bits per heavy atom. The monoisotopic (exact) mass is 281 g/mol. The number of rotatable bonds is 2. The van der Waals surface area contributed by atoms with Crippen molar-refractivity contribution in [2.24, 2.45) is 0 Å². The summed E-state index contributed by atoms with van der Waals surface area (Å²) >= 11 is 0. The van der Waals surface area contributed by atoms with E-state index < -0.39 is 5.95 Å². The third kappa shape index (κ3) is 3.23. The van der Waals surface area contributed by atoms with Gasteiger partial charge in [-0.3, -0.25) is 4.79 Å². The minimum absolute atomic E-state index is 0.207. The SMILES string of the molecule is CCOC(=O)N1CCN(C(=O)c2ccc(F)nc2)CC1. The lowest BCUT2D eigenvalue weighted by Gasteiger charge is -2.34. The van der Waals surface area contributed by atoms with Crippen LogP contribution in [0, 0.1) is 5.95 Å². The number of amides is 2. The second kappa shape index (κ2) is 6.31. The molecule has 7 heteroatoms. The smallest absolute Gasteiger partial charge is 0.409 e. The van der Waals surface area contributed by atoms with Crippen molar-refractivity contribution >= 4 is 12.0 Å². The number of carbonyl (C=O) groups excluding carboxylic acids is 2. The summed E-state index contributed by atoms with van der Waals surface area (Å²) in [7, 11) is 0. The van der Waals surface area contributed by atoms with Crippen molar-refractivity contribution < 1.29 is 18.7 Å². The highest BCUT2D eigenvalue weighted by molar-refractivity contribution is 5.94. The van der Waals surface area contributed by atoms with E-state index in [0.29, 0.717) is 38.3 Å². The van der Waals surface area contributed by atoms with Gasteiger partial charge in [-0.2, -0.15) is 4.39 Å². The van der Waals surface area contributed by atoms with Crippen LogP contribution in [0.1, 0.15) is 17.3 Å². The number of ether oxygens (including phenoxy) is 1. The number of aromatic nitrogens is 1. The summed E-state index contributed by atoms with van der Waals surface area (Å²) in [4.78, 5) is 30.3. The van der Waals surface area contributed by atoms with Gasteiger partial charge in [-0.25, -0.2) is 9.78 Å². The third-order valence-corrected chi connectivity index (χ3v) is 3.07. The minimum Gasteiger partial charge on any atom is -0.450 e. The van der Waals surface area contributed by atoms with E-state index in [2.05, 4.69) is 4.98 Å². The highest BCUT2D eigenvalue weighted by Crippen LogP contribution is 2.09. The standard InChI is InChI=1S/C13H16FN3O3/c1-2-20-13(19)17-7-5-16(6-8-17)12(18)10-3-4-11(14)15-9-10/h3-4,9H,2,5-8H2,1H3. The van der Waals surface area contributed by atoms with Crippen molar-refractivity contribution in [3.63, 3.8) is 0 Å². The minimum atomic E-state index is -0.617. The predicted octanol–water partition coefficient (Wildman–Crippen LogP) is 1.14. The van der Waals surface area contributed by atoms with E-state index in [1.54, 1.807) is 16.7 Å². The van der Waals surface area contributed by atoms with E-state index in [0.717, 1.165) is 6.07 Å². The van der Waals surface area contributed by atoms with Crippen LogP contribution in [-0.4, -0.2) is 59.6 Å². The number of piperazine rings is 1. The molecule has 0 bridgehead atoms. The Morgan fingerprint density at radius 2 is 1.90 bits per heavy atom. The molecule has 2 heterocycles. The molecule has 1 aliphatic heterocycles. The molecule has 1 aromatic heterocycles. The van der Waals surface area contributed by atoms with Crippen molar-refractivity contribution in [2.75, 3.05) is 32.8 Å². The maximum Gasteiger partial charge on any atom is 0.409 e. The van der Waals surface area contributed by atoms with Gasteiger partial charge in [0, 0.05) is 32.4 Å². The summed E-state index contributed by atoms with van der Waals surface area (Å²) in [6, 6.07) is 2.56. The zero-order valence-corrected chi connectivity index (χ0v) is 11.2. The molecule has 0 N–H and O–H groups in total. The second-order valence-electron chi connectivity index (χ2n) is 4.35. The van der Waals surface area contributed by atoms with Crippen molar-refractivity contribution in [3.05, 3.63) is 29.8 Å². The topological polar surface area (TPSA) is 62.7 Å². The molecule has 2 amide bonds. The van der Waals surface area contributed by atoms with Gasteiger partial charge in [-0.1, -0.05) is 0 Å². The van der Waals surface area contributed by atoms with Crippen LogP contribution in [0.4, 0.5) is 9.18 Å². The quantitative estimate of drug-likeness (QED) is 0.762. The van der Waals surface area contributed by atoms with Gasteiger partial charge in [0.1, 0.15) is 0 Å². The van der Waals surface area contributed by atoms with Gasteiger partial charge in [0.05, 0.1) is 12.2 Å². The Hall–Kier alpha value is -2.18. The zero-order valence-electron chi connectivity index (χ0n) is 11.2. The summed E-state index contributed by atoms with van der Waals surface area (Å²) in [5, 5.41) is 0. The molecule has 0 saturated carbocycles. The first-order chi connectivity index (χ1) is 9.61. The van der Waals surface area contributed by atoms with Gasteiger partial charge in [0.15, 0.2) is 0 Å². The largest absolute Gasteiger partial charge is 0.450 e. The molecular formula is C13H16FN3O3. The lowest BCUT2D eigenvalue weighted by Crippen LogP contribution is -2.50. The van der Waals surface area contributed by atoms with Crippen molar-refractivity contribution in [2.45, 2.75) is 6.92 Å². The predicted molar refractivity (Wildman–Crippen MR) is 68.7 cm³/mol. The Kier molecular flexibility index (Phi) is 4.49. The zero-order chi connectivity index (χ0) is 14.5. The number of nitrogens with zero attached hydrogens (tertiary/aromatic N) is 3. The van der Waals surface area contributed by atoms with E-state index in [4.69, 9.17) is 4.74 Å². The molecule has 1 aromatic rings. The summed E-state index contributed by atoms with van der Waals surface area (Å²) in [6.07, 6.45) is 0.859. The molecule has 6 nitrogen and oxygen atoms in total. The van der Waals surface area contributed by atoms with Crippen LogP contribution in [0.15, 0.2) is 18.3 Å². The summed E-state index contributed by atoms with van der Waals surface area (Å²) in [5.41, 5.74) is 0.344. The molecule has 1 fully saturated rings. The van der Waals surface area contributed by atoms with Crippen molar-refractivity contribution in [3.8, 4) is 0 Å². The average molecular weight is 281 g/mol. The van der Waals surface area contributed by atoms with Crippen LogP contribution in [0.3, 0.4) is 0 Å². The highest BCUT2D eigenvalue weighted by Gasteiger charge is 2.25. The molecule has 0 radical (unpaired) electrons. The van der Waals surface area contributed by atoms with Crippen LogP contribution < -0.4 is 0 Å². The average Bonchev–Trinajstić information content (AvgIpc) is 2.48. The van der Waals surface area contributed by atoms with Crippen LogP contribution >= 0.6 is 0 Å². The lowest BCUT2D eigenvalue weighted by atomic mass is 10.2. The van der Waals surface area contributed by atoms with Gasteiger partial charge < -0.3 is 14.5 Å². The Labute approximate surface area is 116 Å². The Morgan fingerprint density at radius 1 is 1.25 bits per heavy atom. The first kappa shape index (κ1) is 14.2. The fourth-order valence-electron chi connectivity index (χ4n) is 1.99. The first-order valence-corrected chi connectivity index (χ1v) is 6.44. The van der Waals surface area contributed by atoms with Crippen molar-refractivity contribution in [1.82, 2.24) is 14.8 Å². The number of halogens is 1.